The summed E-state index contributed by atoms with van der Waals surface area (Å²) in [5.74, 6) is 0.992. The minimum absolute atomic E-state index is 0.0415. The van der Waals surface area contributed by atoms with E-state index in [1.165, 1.54) is 5.56 Å². The van der Waals surface area contributed by atoms with Crippen molar-refractivity contribution in [2.75, 3.05) is 6.54 Å². The molecule has 1 aliphatic heterocycles. The van der Waals surface area contributed by atoms with Gasteiger partial charge in [-0.3, -0.25) is 9.48 Å². The highest BCUT2D eigenvalue weighted by atomic mass is 16.5. The standard InChI is InChI=1S/C17H24N4O2/c1-11-10-16(23-19-11)15-6-5-9-21(15)17(22)8-7-14-12(2)18-20(4)13(14)3/h10,15H,5-9H2,1-4H3/t15-/m0/s1. The maximum Gasteiger partial charge on any atom is 0.223 e. The van der Waals surface area contributed by atoms with Crippen molar-refractivity contribution in [1.82, 2.24) is 19.8 Å². The Morgan fingerprint density at radius 1 is 1.39 bits per heavy atom. The van der Waals surface area contributed by atoms with Crippen molar-refractivity contribution < 1.29 is 9.32 Å². The highest BCUT2D eigenvalue weighted by Crippen LogP contribution is 2.33. The third-order valence-corrected chi connectivity index (χ3v) is 4.80. The smallest absolute Gasteiger partial charge is 0.223 e. The molecule has 23 heavy (non-hydrogen) atoms. The normalized spacial score (nSPS) is 17.9. The molecule has 0 aromatic carbocycles. The van der Waals surface area contributed by atoms with Crippen LogP contribution in [0.5, 0.6) is 0 Å². The van der Waals surface area contributed by atoms with E-state index in [-0.39, 0.29) is 11.9 Å². The zero-order valence-corrected chi connectivity index (χ0v) is 14.3. The average Bonchev–Trinajstić information content (AvgIpc) is 3.19. The van der Waals surface area contributed by atoms with Crippen LogP contribution in [-0.4, -0.2) is 32.3 Å². The Morgan fingerprint density at radius 2 is 2.17 bits per heavy atom. The van der Waals surface area contributed by atoms with Crippen LogP contribution in [0.15, 0.2) is 10.6 Å². The minimum atomic E-state index is 0.0415. The van der Waals surface area contributed by atoms with E-state index < -0.39 is 0 Å². The third kappa shape index (κ3) is 3.02. The van der Waals surface area contributed by atoms with Crippen LogP contribution in [0.25, 0.3) is 0 Å². The molecule has 1 fully saturated rings. The van der Waals surface area contributed by atoms with E-state index in [2.05, 4.69) is 17.2 Å². The molecule has 0 spiro atoms. The van der Waals surface area contributed by atoms with Gasteiger partial charge in [0.05, 0.1) is 17.4 Å². The molecule has 2 aromatic rings. The van der Waals surface area contributed by atoms with Gasteiger partial charge in [-0.15, -0.1) is 0 Å². The average molecular weight is 316 g/mol. The van der Waals surface area contributed by atoms with Gasteiger partial charge in [0.1, 0.15) is 0 Å². The van der Waals surface area contributed by atoms with Gasteiger partial charge in [-0.25, -0.2) is 0 Å². The molecule has 1 aliphatic rings. The summed E-state index contributed by atoms with van der Waals surface area (Å²) in [5.41, 5.74) is 4.20. The molecule has 0 radical (unpaired) electrons. The number of carbonyl (C=O) groups is 1. The topological polar surface area (TPSA) is 64.2 Å². The lowest BCUT2D eigenvalue weighted by atomic mass is 10.1. The first-order chi connectivity index (χ1) is 11.0. The maximum absolute atomic E-state index is 12.7. The van der Waals surface area contributed by atoms with Crippen LogP contribution in [0.1, 0.15) is 53.7 Å². The molecule has 0 unspecified atom stereocenters. The predicted molar refractivity (Wildman–Crippen MR) is 85.9 cm³/mol. The number of carbonyl (C=O) groups excluding carboxylic acids is 1. The van der Waals surface area contributed by atoms with Crippen molar-refractivity contribution in [2.45, 2.75) is 52.5 Å². The summed E-state index contributed by atoms with van der Waals surface area (Å²) in [6.45, 7) is 6.76. The van der Waals surface area contributed by atoms with Gasteiger partial charge in [-0.05, 0) is 45.6 Å². The molecule has 0 N–H and O–H groups in total. The lowest BCUT2D eigenvalue weighted by Gasteiger charge is -2.22. The summed E-state index contributed by atoms with van der Waals surface area (Å²) in [7, 11) is 1.94. The molecule has 0 aliphatic carbocycles. The van der Waals surface area contributed by atoms with E-state index in [1.807, 2.05) is 36.5 Å². The number of likely N-dealkylation sites (tertiary alicyclic amines) is 1. The fourth-order valence-electron chi connectivity index (χ4n) is 3.46. The van der Waals surface area contributed by atoms with Crippen LogP contribution in [0.3, 0.4) is 0 Å². The second kappa shape index (κ2) is 6.18. The maximum atomic E-state index is 12.7. The summed E-state index contributed by atoms with van der Waals surface area (Å²) in [4.78, 5) is 14.6. The van der Waals surface area contributed by atoms with Crippen molar-refractivity contribution in [2.24, 2.45) is 7.05 Å². The van der Waals surface area contributed by atoms with Gasteiger partial charge >= 0.3 is 0 Å². The summed E-state index contributed by atoms with van der Waals surface area (Å²) in [6.07, 6.45) is 3.21. The fraction of sp³-hybridized carbons (Fsp3) is 0.588. The van der Waals surface area contributed by atoms with Crippen molar-refractivity contribution in [3.8, 4) is 0 Å². The van der Waals surface area contributed by atoms with Gasteiger partial charge in [-0.2, -0.15) is 5.10 Å². The first kappa shape index (κ1) is 15.8. The van der Waals surface area contributed by atoms with Crippen LogP contribution in [-0.2, 0) is 18.3 Å². The van der Waals surface area contributed by atoms with Crippen LogP contribution in [0.2, 0.25) is 0 Å². The van der Waals surface area contributed by atoms with Crippen LogP contribution >= 0.6 is 0 Å². The highest BCUT2D eigenvalue weighted by Gasteiger charge is 2.32. The minimum Gasteiger partial charge on any atom is -0.359 e. The third-order valence-electron chi connectivity index (χ3n) is 4.80. The van der Waals surface area contributed by atoms with Gasteiger partial charge < -0.3 is 9.42 Å². The molecule has 3 heterocycles. The van der Waals surface area contributed by atoms with Crippen molar-refractivity contribution >= 4 is 5.91 Å². The number of nitrogens with zero attached hydrogens (tertiary/aromatic N) is 4. The molecule has 0 bridgehead atoms. The number of hydrogen-bond acceptors (Lipinski definition) is 4. The second-order valence-corrected chi connectivity index (χ2v) is 6.39. The second-order valence-electron chi connectivity index (χ2n) is 6.39. The van der Waals surface area contributed by atoms with E-state index in [9.17, 15) is 4.79 Å². The number of aryl methyl sites for hydroxylation is 3. The van der Waals surface area contributed by atoms with Crippen molar-refractivity contribution in [3.63, 3.8) is 0 Å². The van der Waals surface area contributed by atoms with Crippen molar-refractivity contribution in [3.05, 3.63) is 34.5 Å². The predicted octanol–water partition coefficient (Wildman–Crippen LogP) is 2.63. The fourth-order valence-corrected chi connectivity index (χ4v) is 3.46. The lowest BCUT2D eigenvalue weighted by molar-refractivity contribution is -0.132. The Bertz CT molecular complexity index is 716. The van der Waals surface area contributed by atoms with Crippen LogP contribution < -0.4 is 0 Å². The zero-order valence-electron chi connectivity index (χ0n) is 14.3. The van der Waals surface area contributed by atoms with E-state index in [4.69, 9.17) is 4.52 Å². The van der Waals surface area contributed by atoms with E-state index in [1.54, 1.807) is 0 Å². The lowest BCUT2D eigenvalue weighted by Crippen LogP contribution is -2.30. The summed E-state index contributed by atoms with van der Waals surface area (Å²) >= 11 is 0. The molecule has 0 saturated carbocycles. The molecule has 1 saturated heterocycles. The van der Waals surface area contributed by atoms with Gasteiger partial charge in [0.15, 0.2) is 5.76 Å². The number of amides is 1. The molecule has 1 amide bonds. The number of rotatable bonds is 4. The largest absolute Gasteiger partial charge is 0.359 e. The van der Waals surface area contributed by atoms with Gasteiger partial charge in [0.25, 0.3) is 0 Å². The Kier molecular flexibility index (Phi) is 4.24. The molecule has 124 valence electrons. The highest BCUT2D eigenvalue weighted by molar-refractivity contribution is 5.77. The molecule has 1 atom stereocenters. The molecule has 6 nitrogen and oxygen atoms in total. The number of hydrogen-bond donors (Lipinski definition) is 0. The van der Waals surface area contributed by atoms with Crippen LogP contribution in [0, 0.1) is 20.8 Å². The first-order valence-corrected chi connectivity index (χ1v) is 8.19. The first-order valence-electron chi connectivity index (χ1n) is 8.19. The van der Waals surface area contributed by atoms with Crippen molar-refractivity contribution in [1.29, 1.82) is 0 Å². The SMILES string of the molecule is Cc1cc([C@@H]2CCCN2C(=O)CCc2c(C)nn(C)c2C)on1. The van der Waals surface area contributed by atoms with E-state index in [0.717, 1.165) is 48.6 Å². The molecule has 6 heteroatoms. The summed E-state index contributed by atoms with van der Waals surface area (Å²) < 4.78 is 7.26. The van der Waals surface area contributed by atoms with Gasteiger partial charge in [0.2, 0.25) is 5.91 Å². The number of aromatic nitrogens is 3. The van der Waals surface area contributed by atoms with E-state index in [0.29, 0.717) is 6.42 Å². The monoisotopic (exact) mass is 316 g/mol. The Morgan fingerprint density at radius 3 is 2.78 bits per heavy atom. The Labute approximate surface area is 136 Å². The summed E-state index contributed by atoms with van der Waals surface area (Å²) in [5, 5.41) is 8.37. The molecular formula is C17H24N4O2. The van der Waals surface area contributed by atoms with Gasteiger partial charge in [0, 0.05) is 31.8 Å². The zero-order chi connectivity index (χ0) is 16.6. The van der Waals surface area contributed by atoms with E-state index >= 15 is 0 Å². The molecule has 2 aromatic heterocycles. The molecular weight excluding hydrogens is 292 g/mol. The van der Waals surface area contributed by atoms with Gasteiger partial charge in [-0.1, -0.05) is 5.16 Å². The summed E-state index contributed by atoms with van der Waals surface area (Å²) in [6, 6.07) is 1.98. The Hall–Kier alpha value is -2.11. The Balaban J connectivity index is 1.68. The van der Waals surface area contributed by atoms with Crippen LogP contribution in [0.4, 0.5) is 0 Å². The molecule has 3 rings (SSSR count). The quantitative estimate of drug-likeness (QED) is 0.870.